The number of aromatic nitrogens is 2. The van der Waals surface area contributed by atoms with Crippen molar-refractivity contribution in [1.29, 1.82) is 0 Å². The summed E-state index contributed by atoms with van der Waals surface area (Å²) in [6.45, 7) is 13.7. The van der Waals surface area contributed by atoms with Gasteiger partial charge in [0.1, 0.15) is 8.07 Å². The third kappa shape index (κ3) is 8.36. The summed E-state index contributed by atoms with van der Waals surface area (Å²) in [5, 5.41) is 3.43. The van der Waals surface area contributed by atoms with Gasteiger partial charge in [0.2, 0.25) is 0 Å². The van der Waals surface area contributed by atoms with Crippen molar-refractivity contribution in [3.05, 3.63) is 94.6 Å². The van der Waals surface area contributed by atoms with E-state index in [-0.39, 0.29) is 0 Å². The Labute approximate surface area is 340 Å². The maximum Gasteiger partial charge on any atom is 0.119 e. The maximum atomic E-state index is 5.55. The quantitative estimate of drug-likeness (QED) is 0.0604. The van der Waals surface area contributed by atoms with Gasteiger partial charge in [-0.15, -0.1) is 22.7 Å². The number of aryl methyl sites for hydroxylation is 4. The summed E-state index contributed by atoms with van der Waals surface area (Å²) in [5.41, 5.74) is 12.8. The Morgan fingerprint density at radius 1 is 0.473 bits per heavy atom. The van der Waals surface area contributed by atoms with E-state index in [4.69, 9.17) is 9.97 Å². The zero-order valence-corrected chi connectivity index (χ0v) is 37.1. The van der Waals surface area contributed by atoms with Gasteiger partial charge in [-0.05, 0) is 103 Å². The van der Waals surface area contributed by atoms with E-state index in [2.05, 4.69) is 114 Å². The molecule has 4 heterocycles. The van der Waals surface area contributed by atoms with Crippen molar-refractivity contribution in [2.45, 2.75) is 144 Å². The standard InChI is InChI=1S/C50H62N2S2Si/c1-7-11-15-17-31-55(32-18-16-12-8-2)47-33-35(5)21-24-38(47)39-25-23-37(34-48(39)55)44-29-30-46(54-44)41-27-26-40(45-28-22-36(6)53-45)49-50(41)52-43(20-14-10-4)42(51-49)19-13-9-3/h21-30,33-34H,7-20,31-32H2,1-6H3. The molecule has 0 atom stereocenters. The summed E-state index contributed by atoms with van der Waals surface area (Å²) in [6, 6.07) is 31.6. The highest BCUT2D eigenvalue weighted by Gasteiger charge is 2.44. The highest BCUT2D eigenvalue weighted by atomic mass is 32.1. The van der Waals surface area contributed by atoms with Gasteiger partial charge in [-0.1, -0.05) is 146 Å². The fourth-order valence-electron chi connectivity index (χ4n) is 9.04. The van der Waals surface area contributed by atoms with Gasteiger partial charge in [-0.25, -0.2) is 9.97 Å². The molecule has 3 aromatic carbocycles. The Morgan fingerprint density at radius 3 is 1.55 bits per heavy atom. The lowest BCUT2D eigenvalue weighted by Gasteiger charge is -2.31. The Morgan fingerprint density at radius 2 is 0.982 bits per heavy atom. The number of hydrogen-bond acceptors (Lipinski definition) is 4. The summed E-state index contributed by atoms with van der Waals surface area (Å²) in [7, 11) is -1.94. The normalized spacial score (nSPS) is 13.1. The molecule has 55 heavy (non-hydrogen) atoms. The summed E-state index contributed by atoms with van der Waals surface area (Å²) in [6.07, 6.45) is 17.3. The van der Waals surface area contributed by atoms with Gasteiger partial charge in [0.25, 0.3) is 0 Å². The SMILES string of the molecule is CCCCCC[Si]1(CCCCCC)c2cc(C)ccc2-c2ccc(-c3ccc(-c4ccc(-c5ccc(C)s5)c5nc(CCCC)c(CCCC)nc45)s3)cc21. The second-order valence-corrected chi connectivity index (χ2v) is 22.9. The molecule has 0 spiro atoms. The Balaban J connectivity index is 1.32. The fourth-order valence-corrected chi connectivity index (χ4v) is 16.7. The molecule has 0 fully saturated rings. The van der Waals surface area contributed by atoms with Crippen molar-refractivity contribution < 1.29 is 0 Å². The second kappa shape index (κ2) is 18.3. The molecule has 0 amide bonds. The lowest BCUT2D eigenvalue weighted by molar-refractivity contribution is 0.684. The largest absolute Gasteiger partial charge is 0.249 e. The number of fused-ring (bicyclic) bond motifs is 4. The minimum Gasteiger partial charge on any atom is -0.249 e. The third-order valence-corrected chi connectivity index (χ3v) is 19.6. The van der Waals surface area contributed by atoms with Crippen molar-refractivity contribution in [2.75, 3.05) is 0 Å². The number of nitrogens with zero attached hydrogens (tertiary/aromatic N) is 2. The first-order valence-electron chi connectivity index (χ1n) is 21.7. The molecular formula is C50H62N2S2Si. The van der Waals surface area contributed by atoms with Crippen LogP contribution >= 0.6 is 22.7 Å². The molecule has 0 bridgehead atoms. The predicted octanol–water partition coefficient (Wildman–Crippen LogP) is 14.8. The van der Waals surface area contributed by atoms with E-state index in [0.29, 0.717) is 0 Å². The molecule has 2 nitrogen and oxygen atoms in total. The van der Waals surface area contributed by atoms with Crippen molar-refractivity contribution in [2.24, 2.45) is 0 Å². The zero-order chi connectivity index (χ0) is 38.4. The first-order chi connectivity index (χ1) is 26.9. The Bertz CT molecular complexity index is 2210. The lowest BCUT2D eigenvalue weighted by Crippen LogP contribution is -2.55. The summed E-state index contributed by atoms with van der Waals surface area (Å²) in [5.74, 6) is 0. The van der Waals surface area contributed by atoms with Crippen LogP contribution in [0, 0.1) is 13.8 Å². The smallest absolute Gasteiger partial charge is 0.119 e. The Kier molecular flexibility index (Phi) is 13.2. The summed E-state index contributed by atoms with van der Waals surface area (Å²) in [4.78, 5) is 16.3. The molecule has 0 radical (unpaired) electrons. The highest BCUT2D eigenvalue weighted by Crippen LogP contribution is 2.43. The van der Waals surface area contributed by atoms with Gasteiger partial charge in [-0.3, -0.25) is 0 Å². The van der Waals surface area contributed by atoms with E-state index < -0.39 is 8.07 Å². The van der Waals surface area contributed by atoms with Crippen LogP contribution in [0.4, 0.5) is 0 Å². The van der Waals surface area contributed by atoms with Crippen LogP contribution in [-0.2, 0) is 12.8 Å². The molecule has 0 saturated heterocycles. The van der Waals surface area contributed by atoms with Crippen LogP contribution in [0.25, 0.3) is 53.5 Å². The summed E-state index contributed by atoms with van der Waals surface area (Å²) < 4.78 is 0. The number of benzene rings is 3. The van der Waals surface area contributed by atoms with Crippen LogP contribution in [0.3, 0.4) is 0 Å². The summed E-state index contributed by atoms with van der Waals surface area (Å²) >= 11 is 3.79. The van der Waals surface area contributed by atoms with E-state index >= 15 is 0 Å². The topological polar surface area (TPSA) is 25.8 Å². The molecule has 0 unspecified atom stereocenters. The molecule has 1 aliphatic rings. The third-order valence-electron chi connectivity index (χ3n) is 12.1. The van der Waals surface area contributed by atoms with E-state index in [1.807, 2.05) is 22.7 Å². The van der Waals surface area contributed by atoms with Gasteiger partial charge in [0, 0.05) is 30.6 Å². The van der Waals surface area contributed by atoms with E-state index in [0.717, 1.165) is 49.6 Å². The molecule has 5 heteroatoms. The van der Waals surface area contributed by atoms with Crippen LogP contribution in [0.15, 0.2) is 72.8 Å². The number of thiophene rings is 2. The minimum atomic E-state index is -1.94. The van der Waals surface area contributed by atoms with Crippen molar-refractivity contribution in [3.8, 4) is 42.4 Å². The van der Waals surface area contributed by atoms with Crippen LogP contribution in [0.1, 0.15) is 127 Å². The van der Waals surface area contributed by atoms with E-state index in [1.165, 1.54) is 128 Å². The molecule has 3 aromatic heterocycles. The Hall–Kier alpha value is -3.38. The molecule has 1 aliphatic heterocycles. The van der Waals surface area contributed by atoms with Gasteiger partial charge in [0.15, 0.2) is 0 Å². The molecule has 7 rings (SSSR count). The highest BCUT2D eigenvalue weighted by molar-refractivity contribution is 7.19. The van der Waals surface area contributed by atoms with Crippen LogP contribution in [-0.4, -0.2) is 18.0 Å². The van der Waals surface area contributed by atoms with Crippen molar-refractivity contribution >= 4 is 52.2 Å². The van der Waals surface area contributed by atoms with Crippen molar-refractivity contribution in [3.63, 3.8) is 0 Å². The average Bonchev–Trinajstić information content (AvgIpc) is 3.93. The van der Waals surface area contributed by atoms with Gasteiger partial charge >= 0.3 is 0 Å². The first kappa shape index (κ1) is 39.8. The van der Waals surface area contributed by atoms with E-state index in [9.17, 15) is 0 Å². The van der Waals surface area contributed by atoms with Crippen LogP contribution in [0.2, 0.25) is 12.1 Å². The van der Waals surface area contributed by atoms with E-state index in [1.54, 1.807) is 10.4 Å². The fraction of sp³-hybridized carbons (Fsp3) is 0.440. The lowest BCUT2D eigenvalue weighted by atomic mass is 10.0. The number of hydrogen-bond donors (Lipinski definition) is 0. The average molecular weight is 783 g/mol. The molecular weight excluding hydrogens is 721 g/mol. The van der Waals surface area contributed by atoms with Gasteiger partial charge < -0.3 is 0 Å². The molecule has 0 saturated carbocycles. The predicted molar refractivity (Wildman–Crippen MR) is 247 cm³/mol. The first-order valence-corrected chi connectivity index (χ1v) is 25.7. The van der Waals surface area contributed by atoms with Gasteiger partial charge in [0.05, 0.1) is 22.4 Å². The number of rotatable bonds is 19. The molecule has 6 aromatic rings. The maximum absolute atomic E-state index is 5.55. The molecule has 0 aliphatic carbocycles. The van der Waals surface area contributed by atoms with Crippen molar-refractivity contribution in [1.82, 2.24) is 9.97 Å². The van der Waals surface area contributed by atoms with Crippen LogP contribution < -0.4 is 10.4 Å². The number of unbranched alkanes of at least 4 members (excludes halogenated alkanes) is 8. The van der Waals surface area contributed by atoms with Gasteiger partial charge in [-0.2, -0.15) is 0 Å². The monoisotopic (exact) mass is 782 g/mol. The van der Waals surface area contributed by atoms with Crippen LogP contribution in [0.5, 0.6) is 0 Å². The second-order valence-electron chi connectivity index (χ2n) is 16.3. The minimum absolute atomic E-state index is 0.996. The zero-order valence-electron chi connectivity index (χ0n) is 34.5. The molecule has 288 valence electrons. The molecule has 0 N–H and O–H groups in total.